The summed E-state index contributed by atoms with van der Waals surface area (Å²) in [6, 6.07) is 7.93. The van der Waals surface area contributed by atoms with E-state index in [-0.39, 0.29) is 5.91 Å². The number of nitrogen functional groups attached to an aromatic ring is 1. The molecule has 1 saturated carbocycles. The van der Waals surface area contributed by atoms with Crippen molar-refractivity contribution in [2.45, 2.75) is 53.0 Å². The minimum Gasteiger partial charge on any atom is -0.383 e. The van der Waals surface area contributed by atoms with E-state index in [9.17, 15) is 4.79 Å². The number of carbonyl (C=O) groups is 1. The van der Waals surface area contributed by atoms with Gasteiger partial charge in [0.2, 0.25) is 5.91 Å². The summed E-state index contributed by atoms with van der Waals surface area (Å²) in [4.78, 5) is 24.9. The number of hydrogen-bond acceptors (Lipinski definition) is 5. The summed E-state index contributed by atoms with van der Waals surface area (Å²) in [5, 5.41) is 3.60. The number of benzene rings is 1. The van der Waals surface area contributed by atoms with Crippen LogP contribution >= 0.6 is 0 Å². The van der Waals surface area contributed by atoms with Gasteiger partial charge in [-0.15, -0.1) is 0 Å². The number of amides is 1. The van der Waals surface area contributed by atoms with Crippen LogP contribution in [0.1, 0.15) is 52.0 Å². The minimum atomic E-state index is -0.0508. The molecule has 1 aliphatic heterocycles. The van der Waals surface area contributed by atoms with E-state index in [1.54, 1.807) is 0 Å². The van der Waals surface area contributed by atoms with Crippen LogP contribution in [0.4, 0.5) is 5.82 Å². The van der Waals surface area contributed by atoms with Gasteiger partial charge in [-0.1, -0.05) is 38.5 Å². The normalized spacial score (nSPS) is 15.5. The lowest BCUT2D eigenvalue weighted by Gasteiger charge is -2.37. The van der Waals surface area contributed by atoms with Crippen molar-refractivity contribution in [1.29, 1.82) is 0 Å². The molecule has 1 saturated heterocycles. The highest BCUT2D eigenvalue weighted by Crippen LogP contribution is 2.31. The summed E-state index contributed by atoms with van der Waals surface area (Å²) >= 11 is 0. The zero-order valence-corrected chi connectivity index (χ0v) is 19.5. The van der Waals surface area contributed by atoms with E-state index in [4.69, 9.17) is 5.73 Å². The summed E-state index contributed by atoms with van der Waals surface area (Å²) in [6.45, 7) is 10.2. The molecule has 3 heterocycles. The van der Waals surface area contributed by atoms with E-state index in [2.05, 4.69) is 25.2 Å². The van der Waals surface area contributed by atoms with E-state index in [0.29, 0.717) is 18.0 Å². The Labute approximate surface area is 190 Å². The summed E-state index contributed by atoms with van der Waals surface area (Å²) in [7, 11) is 0. The molecule has 1 amide bonds. The Hall–Kier alpha value is -2.93. The topological polar surface area (TPSA) is 99.9 Å². The summed E-state index contributed by atoms with van der Waals surface area (Å²) in [6.07, 6.45) is 9.27. The lowest BCUT2D eigenvalue weighted by Crippen LogP contribution is -2.41. The quantitative estimate of drug-likeness (QED) is 0.552. The molecule has 0 radical (unpaired) electrons. The van der Waals surface area contributed by atoms with Crippen molar-refractivity contribution in [2.75, 3.05) is 25.4 Å². The Bertz CT molecular complexity index is 995. The van der Waals surface area contributed by atoms with Gasteiger partial charge in [0.05, 0.1) is 5.39 Å². The van der Waals surface area contributed by atoms with Crippen molar-refractivity contribution >= 4 is 22.8 Å². The van der Waals surface area contributed by atoms with E-state index >= 15 is 0 Å². The Balaban J connectivity index is 0.000000218. The molecule has 0 spiro atoms. The number of H-pyrrole nitrogens is 1. The number of nitrogens with one attached hydrogen (secondary N) is 2. The monoisotopic (exact) mass is 436 g/mol. The van der Waals surface area contributed by atoms with Crippen molar-refractivity contribution in [3.8, 4) is 11.1 Å². The summed E-state index contributed by atoms with van der Waals surface area (Å²) < 4.78 is 0. The zero-order chi connectivity index (χ0) is 22.9. The third-order valence-corrected chi connectivity index (χ3v) is 5.97. The fraction of sp³-hybridized carbons (Fsp3) is 0.480. The summed E-state index contributed by atoms with van der Waals surface area (Å²) in [5.74, 6) is 1.49. The molecule has 0 atom stereocenters. The SMILES string of the molecule is C1CC(CN2CCC2)C1.CC.CC(=O)NCc1cccc(-c2c[nH]c3ncnc(N)c23)c1. The molecule has 1 aliphatic carbocycles. The molecule has 32 heavy (non-hydrogen) atoms. The third kappa shape index (κ3) is 6.07. The number of nitrogens with zero attached hydrogens (tertiary/aromatic N) is 3. The molecule has 3 aromatic rings. The predicted octanol–water partition coefficient (Wildman–Crippen LogP) is 4.36. The van der Waals surface area contributed by atoms with Crippen LogP contribution in [0.5, 0.6) is 0 Å². The molecule has 0 bridgehead atoms. The Morgan fingerprint density at radius 2 is 2.00 bits per heavy atom. The van der Waals surface area contributed by atoms with Gasteiger partial charge in [-0.05, 0) is 55.5 Å². The number of likely N-dealkylation sites (tertiary alicyclic amines) is 1. The van der Waals surface area contributed by atoms with Gasteiger partial charge < -0.3 is 20.9 Å². The number of fused-ring (bicyclic) bond motifs is 1. The Kier molecular flexibility index (Phi) is 8.62. The molecule has 4 N–H and O–H groups in total. The van der Waals surface area contributed by atoms with Gasteiger partial charge in [0.1, 0.15) is 17.8 Å². The maximum atomic E-state index is 11.0. The van der Waals surface area contributed by atoms with Gasteiger partial charge >= 0.3 is 0 Å². The average Bonchev–Trinajstić information content (AvgIpc) is 3.18. The second-order valence-electron chi connectivity index (χ2n) is 8.25. The molecule has 2 aliphatic rings. The average molecular weight is 437 g/mol. The standard InChI is InChI=1S/C15H15N5O.C8H15N.C2H6/c1-9(21)17-6-10-3-2-4-11(5-10)12-7-18-15-13(12)14(16)19-8-20-15;1-3-8(4-1)7-9-5-2-6-9;1-2/h2-5,7-8H,6H2,1H3,(H,17,21)(H3,16,18,19,20);8H,1-7H2;1-2H3. The first-order chi connectivity index (χ1) is 15.6. The molecule has 7 nitrogen and oxygen atoms in total. The molecule has 0 unspecified atom stereocenters. The van der Waals surface area contributed by atoms with Crippen LogP contribution in [0.2, 0.25) is 0 Å². The van der Waals surface area contributed by atoms with E-state index in [1.165, 1.54) is 58.6 Å². The van der Waals surface area contributed by atoms with Gasteiger partial charge in [-0.3, -0.25) is 4.79 Å². The van der Waals surface area contributed by atoms with Gasteiger partial charge in [0.15, 0.2) is 0 Å². The fourth-order valence-corrected chi connectivity index (χ4v) is 3.89. The first kappa shape index (κ1) is 23.7. The van der Waals surface area contributed by atoms with Gasteiger partial charge in [0.25, 0.3) is 0 Å². The van der Waals surface area contributed by atoms with Gasteiger partial charge in [-0.2, -0.15) is 0 Å². The van der Waals surface area contributed by atoms with Crippen molar-refractivity contribution < 1.29 is 4.79 Å². The first-order valence-corrected chi connectivity index (χ1v) is 11.7. The molecule has 2 aromatic heterocycles. The van der Waals surface area contributed by atoms with Crippen molar-refractivity contribution in [1.82, 2.24) is 25.2 Å². The Morgan fingerprint density at radius 3 is 2.62 bits per heavy atom. The molecule has 1 aromatic carbocycles. The maximum absolute atomic E-state index is 11.0. The van der Waals surface area contributed by atoms with E-state index in [0.717, 1.165) is 28.0 Å². The minimum absolute atomic E-state index is 0.0508. The zero-order valence-electron chi connectivity index (χ0n) is 19.5. The van der Waals surface area contributed by atoms with Crippen molar-refractivity contribution in [3.05, 3.63) is 42.4 Å². The van der Waals surface area contributed by atoms with Crippen molar-refractivity contribution in [2.24, 2.45) is 5.92 Å². The number of nitrogens with two attached hydrogens (primary N) is 1. The highest BCUT2D eigenvalue weighted by Gasteiger charge is 2.23. The van der Waals surface area contributed by atoms with Gasteiger partial charge in [-0.25, -0.2) is 9.97 Å². The first-order valence-electron chi connectivity index (χ1n) is 11.7. The number of hydrogen-bond donors (Lipinski definition) is 3. The lowest BCUT2D eigenvalue weighted by molar-refractivity contribution is -0.119. The molecule has 7 heteroatoms. The largest absolute Gasteiger partial charge is 0.383 e. The van der Waals surface area contributed by atoms with Gasteiger partial charge in [0, 0.05) is 31.8 Å². The highest BCUT2D eigenvalue weighted by molar-refractivity contribution is 6.00. The van der Waals surface area contributed by atoms with Crippen LogP contribution < -0.4 is 11.1 Å². The third-order valence-electron chi connectivity index (χ3n) is 5.97. The predicted molar refractivity (Wildman–Crippen MR) is 131 cm³/mol. The van der Waals surface area contributed by atoms with Crippen LogP contribution in [-0.2, 0) is 11.3 Å². The lowest BCUT2D eigenvalue weighted by atomic mass is 9.84. The Morgan fingerprint density at radius 1 is 1.22 bits per heavy atom. The molecular formula is C25H36N6O. The maximum Gasteiger partial charge on any atom is 0.217 e. The van der Waals surface area contributed by atoms with Crippen LogP contribution in [0.15, 0.2) is 36.8 Å². The second kappa shape index (κ2) is 11.6. The number of anilines is 1. The molecule has 2 fully saturated rings. The van der Waals surface area contributed by atoms with Crippen LogP contribution in [0, 0.1) is 5.92 Å². The number of carbonyl (C=O) groups excluding carboxylic acids is 1. The van der Waals surface area contributed by atoms with E-state index < -0.39 is 0 Å². The number of rotatable bonds is 5. The van der Waals surface area contributed by atoms with Crippen LogP contribution in [0.3, 0.4) is 0 Å². The molecule has 5 rings (SSSR count). The summed E-state index contributed by atoms with van der Waals surface area (Å²) in [5.41, 5.74) is 9.64. The highest BCUT2D eigenvalue weighted by atomic mass is 16.1. The molecule has 172 valence electrons. The molecular weight excluding hydrogens is 400 g/mol. The van der Waals surface area contributed by atoms with Crippen LogP contribution in [0.25, 0.3) is 22.2 Å². The van der Waals surface area contributed by atoms with E-state index in [1.807, 2.05) is 44.3 Å². The van der Waals surface area contributed by atoms with Crippen molar-refractivity contribution in [3.63, 3.8) is 0 Å². The fourth-order valence-electron chi connectivity index (χ4n) is 3.89. The van der Waals surface area contributed by atoms with Crippen LogP contribution in [-0.4, -0.2) is 45.4 Å². The number of aromatic amines is 1. The smallest absolute Gasteiger partial charge is 0.217 e. The number of aromatic nitrogens is 3. The second-order valence-corrected chi connectivity index (χ2v) is 8.25.